The lowest BCUT2D eigenvalue weighted by atomic mass is 10.1. The number of aliphatic hydroxyl groups is 1. The molecular formula is C21H27NO5S. The van der Waals surface area contributed by atoms with Gasteiger partial charge in [0, 0.05) is 19.1 Å². The number of aliphatic hydroxyl groups excluding tert-OH is 1. The summed E-state index contributed by atoms with van der Waals surface area (Å²) in [7, 11) is -1.40. The molecule has 1 fully saturated rings. The molecule has 2 unspecified atom stereocenters. The molecule has 3 rings (SSSR count). The SMILES string of the molecule is COc1ccc(OCC(O)CN(Cc2ccccc2)C2CCS(=O)(=O)C2)cc1. The van der Waals surface area contributed by atoms with Gasteiger partial charge in [-0.2, -0.15) is 0 Å². The molecule has 1 aliphatic rings. The van der Waals surface area contributed by atoms with E-state index in [4.69, 9.17) is 9.47 Å². The highest BCUT2D eigenvalue weighted by Gasteiger charge is 2.33. The minimum atomic E-state index is -3.00. The summed E-state index contributed by atoms with van der Waals surface area (Å²) in [6, 6.07) is 17.0. The number of sulfone groups is 1. The van der Waals surface area contributed by atoms with Crippen molar-refractivity contribution in [2.24, 2.45) is 0 Å². The number of methoxy groups -OCH3 is 1. The third-order valence-electron chi connectivity index (χ3n) is 4.90. The van der Waals surface area contributed by atoms with Gasteiger partial charge in [-0.3, -0.25) is 4.90 Å². The molecule has 6 nitrogen and oxygen atoms in total. The second kappa shape index (κ2) is 9.41. The normalized spacial score (nSPS) is 19.5. The highest BCUT2D eigenvalue weighted by Crippen LogP contribution is 2.21. The predicted molar refractivity (Wildman–Crippen MR) is 108 cm³/mol. The summed E-state index contributed by atoms with van der Waals surface area (Å²) in [6.45, 7) is 1.09. The van der Waals surface area contributed by atoms with Crippen LogP contribution in [0, 0.1) is 0 Å². The van der Waals surface area contributed by atoms with Gasteiger partial charge in [0.05, 0.1) is 18.6 Å². The second-order valence-corrected chi connectivity index (χ2v) is 9.34. The van der Waals surface area contributed by atoms with Crippen molar-refractivity contribution in [3.05, 3.63) is 60.2 Å². The molecule has 2 atom stereocenters. The van der Waals surface area contributed by atoms with Gasteiger partial charge in [-0.25, -0.2) is 8.42 Å². The average Bonchev–Trinajstić information content (AvgIpc) is 3.07. The number of hydrogen-bond acceptors (Lipinski definition) is 6. The molecule has 1 heterocycles. The van der Waals surface area contributed by atoms with Gasteiger partial charge in [-0.1, -0.05) is 30.3 Å². The minimum absolute atomic E-state index is 0.0826. The fourth-order valence-electron chi connectivity index (χ4n) is 3.41. The molecule has 2 aromatic rings. The maximum Gasteiger partial charge on any atom is 0.151 e. The fraction of sp³-hybridized carbons (Fsp3) is 0.429. The number of nitrogens with zero attached hydrogens (tertiary/aromatic N) is 1. The van der Waals surface area contributed by atoms with Crippen LogP contribution < -0.4 is 9.47 Å². The summed E-state index contributed by atoms with van der Waals surface area (Å²) >= 11 is 0. The molecule has 152 valence electrons. The largest absolute Gasteiger partial charge is 0.497 e. The van der Waals surface area contributed by atoms with E-state index in [1.165, 1.54) is 0 Å². The van der Waals surface area contributed by atoms with E-state index in [0.717, 1.165) is 11.3 Å². The maximum atomic E-state index is 11.9. The molecular weight excluding hydrogens is 378 g/mol. The Hall–Kier alpha value is -2.09. The minimum Gasteiger partial charge on any atom is -0.497 e. The van der Waals surface area contributed by atoms with Crippen LogP contribution in [0.15, 0.2) is 54.6 Å². The number of rotatable bonds is 9. The van der Waals surface area contributed by atoms with Gasteiger partial charge >= 0.3 is 0 Å². The number of hydrogen-bond donors (Lipinski definition) is 1. The van der Waals surface area contributed by atoms with Crippen LogP contribution in [0.1, 0.15) is 12.0 Å². The molecule has 0 aliphatic carbocycles. The molecule has 28 heavy (non-hydrogen) atoms. The van der Waals surface area contributed by atoms with E-state index >= 15 is 0 Å². The second-order valence-electron chi connectivity index (χ2n) is 7.11. The van der Waals surface area contributed by atoms with Crippen LogP contribution in [-0.4, -0.2) is 62.3 Å². The van der Waals surface area contributed by atoms with Crippen molar-refractivity contribution >= 4 is 9.84 Å². The zero-order valence-electron chi connectivity index (χ0n) is 16.0. The first-order valence-corrected chi connectivity index (χ1v) is 11.2. The number of benzene rings is 2. The van der Waals surface area contributed by atoms with Crippen LogP contribution in [0.25, 0.3) is 0 Å². The Kier molecular flexibility index (Phi) is 6.93. The summed E-state index contributed by atoms with van der Waals surface area (Å²) in [5, 5.41) is 10.5. The van der Waals surface area contributed by atoms with Crippen molar-refractivity contribution in [2.75, 3.05) is 31.8 Å². The van der Waals surface area contributed by atoms with Crippen molar-refractivity contribution in [1.29, 1.82) is 0 Å². The first-order valence-electron chi connectivity index (χ1n) is 9.38. The highest BCUT2D eigenvalue weighted by atomic mass is 32.2. The zero-order valence-corrected chi connectivity index (χ0v) is 16.8. The van der Waals surface area contributed by atoms with Crippen LogP contribution in [0.5, 0.6) is 11.5 Å². The van der Waals surface area contributed by atoms with E-state index in [-0.39, 0.29) is 24.2 Å². The van der Waals surface area contributed by atoms with E-state index in [0.29, 0.717) is 25.3 Å². The van der Waals surface area contributed by atoms with E-state index < -0.39 is 15.9 Å². The Bertz CT molecular complexity index is 839. The Morgan fingerprint density at radius 1 is 1.11 bits per heavy atom. The molecule has 0 bridgehead atoms. The van der Waals surface area contributed by atoms with E-state index in [2.05, 4.69) is 4.90 Å². The van der Waals surface area contributed by atoms with Crippen molar-refractivity contribution in [3.63, 3.8) is 0 Å². The van der Waals surface area contributed by atoms with Gasteiger partial charge in [0.15, 0.2) is 9.84 Å². The van der Waals surface area contributed by atoms with E-state index in [1.54, 1.807) is 31.4 Å². The maximum absolute atomic E-state index is 11.9. The monoisotopic (exact) mass is 405 g/mol. The molecule has 1 saturated heterocycles. The van der Waals surface area contributed by atoms with Gasteiger partial charge in [0.2, 0.25) is 0 Å². The van der Waals surface area contributed by atoms with Crippen LogP contribution in [0.4, 0.5) is 0 Å². The van der Waals surface area contributed by atoms with Gasteiger partial charge in [0.25, 0.3) is 0 Å². The smallest absolute Gasteiger partial charge is 0.151 e. The lowest BCUT2D eigenvalue weighted by molar-refractivity contribution is 0.0524. The van der Waals surface area contributed by atoms with Gasteiger partial charge in [-0.15, -0.1) is 0 Å². The summed E-state index contributed by atoms with van der Waals surface area (Å²) in [5.41, 5.74) is 1.09. The molecule has 7 heteroatoms. The molecule has 0 amide bonds. The molecule has 0 saturated carbocycles. The van der Waals surface area contributed by atoms with Crippen LogP contribution in [0.3, 0.4) is 0 Å². The molecule has 0 radical (unpaired) electrons. The summed E-state index contributed by atoms with van der Waals surface area (Å²) < 4.78 is 34.6. The Labute approximate surface area is 166 Å². The van der Waals surface area contributed by atoms with Crippen LogP contribution in [-0.2, 0) is 16.4 Å². The van der Waals surface area contributed by atoms with Gasteiger partial charge < -0.3 is 14.6 Å². The number of ether oxygens (including phenoxy) is 2. The molecule has 1 aliphatic heterocycles. The Balaban J connectivity index is 1.60. The van der Waals surface area contributed by atoms with Gasteiger partial charge in [0.1, 0.15) is 24.2 Å². The lowest BCUT2D eigenvalue weighted by Gasteiger charge is -2.30. The van der Waals surface area contributed by atoms with Crippen LogP contribution in [0.2, 0.25) is 0 Å². The third-order valence-corrected chi connectivity index (χ3v) is 6.65. The van der Waals surface area contributed by atoms with Crippen molar-refractivity contribution < 1.29 is 23.0 Å². The first kappa shape index (κ1) is 20.6. The molecule has 0 aromatic heterocycles. The topological polar surface area (TPSA) is 76.1 Å². The standard InChI is InChI=1S/C21H27NO5S/c1-26-20-7-9-21(10-8-20)27-15-19(23)14-22(13-17-5-3-2-4-6-17)18-11-12-28(24,25)16-18/h2-10,18-19,23H,11-16H2,1H3. The molecule has 1 N–H and O–H groups in total. The molecule has 0 spiro atoms. The summed E-state index contributed by atoms with van der Waals surface area (Å²) in [6.07, 6.45) is -0.129. The average molecular weight is 406 g/mol. The van der Waals surface area contributed by atoms with Crippen molar-refractivity contribution in [2.45, 2.75) is 25.1 Å². The zero-order chi connectivity index (χ0) is 20.0. The summed E-state index contributed by atoms with van der Waals surface area (Å²) in [4.78, 5) is 2.06. The van der Waals surface area contributed by atoms with E-state index in [1.807, 2.05) is 30.3 Å². The van der Waals surface area contributed by atoms with Gasteiger partial charge in [-0.05, 0) is 36.2 Å². The first-order chi connectivity index (χ1) is 13.4. The lowest BCUT2D eigenvalue weighted by Crippen LogP contribution is -2.42. The fourth-order valence-corrected chi connectivity index (χ4v) is 5.17. The quantitative estimate of drug-likeness (QED) is 0.689. The summed E-state index contributed by atoms with van der Waals surface area (Å²) in [5.74, 6) is 1.75. The third kappa shape index (κ3) is 5.95. The Morgan fingerprint density at radius 2 is 1.79 bits per heavy atom. The molecule has 2 aromatic carbocycles. The Morgan fingerprint density at radius 3 is 2.39 bits per heavy atom. The van der Waals surface area contributed by atoms with Crippen molar-refractivity contribution in [3.8, 4) is 11.5 Å². The highest BCUT2D eigenvalue weighted by molar-refractivity contribution is 7.91. The van der Waals surface area contributed by atoms with Crippen molar-refractivity contribution in [1.82, 2.24) is 4.90 Å². The van der Waals surface area contributed by atoms with E-state index in [9.17, 15) is 13.5 Å². The van der Waals surface area contributed by atoms with Crippen LogP contribution >= 0.6 is 0 Å². The predicted octanol–water partition coefficient (Wildman–Crippen LogP) is 2.12.